The molecule has 0 saturated carbocycles. The van der Waals surface area contributed by atoms with Crippen LogP contribution in [0.15, 0.2) is 24.3 Å². The Balaban J connectivity index is 1.82. The fourth-order valence-corrected chi connectivity index (χ4v) is 2.39. The number of hydrogen-bond donors (Lipinski definition) is 4. The maximum absolute atomic E-state index is 11.9. The number of nitrogens with two attached hydrogens (primary N) is 1. The van der Waals surface area contributed by atoms with E-state index in [1.807, 2.05) is 4.90 Å². The minimum Gasteiger partial charge on any atom is -0.389 e. The molecule has 114 valence electrons. The first-order valence-electron chi connectivity index (χ1n) is 6.74. The molecule has 1 aromatic rings. The smallest absolute Gasteiger partial charge is 0.225 e. The standard InChI is InChI=1S/C14H19N3O3S/c15-14(21)9-2-1-3-10(6-9)16-13(20)4-5-17-7-11(18)12(19)8-17/h1-3,6,11-12,18-19H,4-5,7-8H2,(H2,15,21)(H,16,20). The predicted molar refractivity (Wildman–Crippen MR) is 84.0 cm³/mol. The van der Waals surface area contributed by atoms with E-state index < -0.39 is 12.2 Å². The number of rotatable bonds is 5. The highest BCUT2D eigenvalue weighted by atomic mass is 32.1. The lowest BCUT2D eigenvalue weighted by Crippen LogP contribution is -2.27. The summed E-state index contributed by atoms with van der Waals surface area (Å²) >= 11 is 4.89. The first-order chi connectivity index (χ1) is 9.95. The number of nitrogens with zero attached hydrogens (tertiary/aromatic N) is 1. The molecule has 0 aromatic heterocycles. The minimum absolute atomic E-state index is 0.133. The molecule has 1 amide bonds. The van der Waals surface area contributed by atoms with Crippen LogP contribution in [0.1, 0.15) is 12.0 Å². The van der Waals surface area contributed by atoms with Gasteiger partial charge in [-0.15, -0.1) is 0 Å². The van der Waals surface area contributed by atoms with Crippen LogP contribution in [-0.4, -0.2) is 57.9 Å². The Kier molecular flexibility index (Phi) is 5.24. The topological polar surface area (TPSA) is 98.8 Å². The molecule has 21 heavy (non-hydrogen) atoms. The van der Waals surface area contributed by atoms with E-state index in [-0.39, 0.29) is 17.3 Å². The number of carbonyl (C=O) groups excluding carboxylic acids is 1. The Labute approximate surface area is 128 Å². The Morgan fingerprint density at radius 2 is 2.05 bits per heavy atom. The number of thiocarbonyl (C=S) groups is 1. The molecule has 2 rings (SSSR count). The summed E-state index contributed by atoms with van der Waals surface area (Å²) in [7, 11) is 0. The molecular weight excluding hydrogens is 290 g/mol. The highest BCUT2D eigenvalue weighted by Gasteiger charge is 2.29. The van der Waals surface area contributed by atoms with Gasteiger partial charge in [-0.2, -0.15) is 0 Å². The first-order valence-corrected chi connectivity index (χ1v) is 7.15. The third-order valence-corrected chi connectivity index (χ3v) is 3.66. The monoisotopic (exact) mass is 309 g/mol. The number of aliphatic hydroxyl groups excluding tert-OH is 2. The Hall–Kier alpha value is -1.54. The van der Waals surface area contributed by atoms with Crippen molar-refractivity contribution in [3.63, 3.8) is 0 Å². The molecule has 2 unspecified atom stereocenters. The first kappa shape index (κ1) is 15.8. The molecule has 1 saturated heterocycles. The van der Waals surface area contributed by atoms with E-state index in [4.69, 9.17) is 18.0 Å². The maximum Gasteiger partial charge on any atom is 0.225 e. The van der Waals surface area contributed by atoms with Gasteiger partial charge in [0.2, 0.25) is 5.91 Å². The van der Waals surface area contributed by atoms with E-state index in [9.17, 15) is 15.0 Å². The number of benzene rings is 1. The molecule has 7 heteroatoms. The van der Waals surface area contributed by atoms with E-state index in [1.165, 1.54) is 0 Å². The molecule has 2 atom stereocenters. The van der Waals surface area contributed by atoms with Gasteiger partial charge in [0.15, 0.2) is 0 Å². The highest BCUT2D eigenvalue weighted by molar-refractivity contribution is 7.80. The van der Waals surface area contributed by atoms with Crippen molar-refractivity contribution in [3.05, 3.63) is 29.8 Å². The van der Waals surface area contributed by atoms with Crippen molar-refractivity contribution in [2.75, 3.05) is 25.0 Å². The molecule has 1 heterocycles. The van der Waals surface area contributed by atoms with Gasteiger partial charge >= 0.3 is 0 Å². The van der Waals surface area contributed by atoms with Gasteiger partial charge in [0, 0.05) is 37.3 Å². The fraction of sp³-hybridized carbons (Fsp3) is 0.429. The molecule has 0 aliphatic carbocycles. The number of anilines is 1. The summed E-state index contributed by atoms with van der Waals surface area (Å²) in [4.78, 5) is 14.0. The van der Waals surface area contributed by atoms with Crippen LogP contribution in [0.25, 0.3) is 0 Å². The van der Waals surface area contributed by atoms with Crippen molar-refractivity contribution in [1.29, 1.82) is 0 Å². The fourth-order valence-electron chi connectivity index (χ4n) is 2.26. The lowest BCUT2D eigenvalue weighted by atomic mass is 10.2. The normalized spacial score (nSPS) is 22.2. The predicted octanol–water partition coefficient (Wildman–Crippen LogP) is -0.313. The van der Waals surface area contributed by atoms with Crippen LogP contribution in [0.5, 0.6) is 0 Å². The van der Waals surface area contributed by atoms with Gasteiger partial charge in [0.05, 0.1) is 12.2 Å². The second-order valence-electron chi connectivity index (χ2n) is 5.14. The van der Waals surface area contributed by atoms with Crippen molar-refractivity contribution >= 4 is 28.8 Å². The zero-order valence-electron chi connectivity index (χ0n) is 11.5. The average molecular weight is 309 g/mol. The van der Waals surface area contributed by atoms with Crippen LogP contribution < -0.4 is 11.1 Å². The van der Waals surface area contributed by atoms with Crippen molar-refractivity contribution in [1.82, 2.24) is 4.90 Å². The van der Waals surface area contributed by atoms with E-state index in [0.717, 1.165) is 0 Å². The number of nitrogens with one attached hydrogen (secondary N) is 1. The Bertz CT molecular complexity index is 528. The number of aliphatic hydroxyl groups is 2. The summed E-state index contributed by atoms with van der Waals surface area (Å²) in [6, 6.07) is 7.05. The largest absolute Gasteiger partial charge is 0.389 e. The van der Waals surface area contributed by atoms with Crippen LogP contribution in [0.3, 0.4) is 0 Å². The van der Waals surface area contributed by atoms with E-state index in [2.05, 4.69) is 5.32 Å². The summed E-state index contributed by atoms with van der Waals surface area (Å²) < 4.78 is 0. The zero-order chi connectivity index (χ0) is 15.4. The second kappa shape index (κ2) is 6.95. The molecule has 1 fully saturated rings. The lowest BCUT2D eigenvalue weighted by molar-refractivity contribution is -0.116. The van der Waals surface area contributed by atoms with Crippen molar-refractivity contribution in [2.45, 2.75) is 18.6 Å². The quantitative estimate of drug-likeness (QED) is 0.557. The number of carbonyl (C=O) groups is 1. The third kappa shape index (κ3) is 4.47. The summed E-state index contributed by atoms with van der Waals surface area (Å²) in [5.74, 6) is -0.133. The molecule has 6 nitrogen and oxygen atoms in total. The van der Waals surface area contributed by atoms with Crippen LogP contribution in [-0.2, 0) is 4.79 Å². The van der Waals surface area contributed by atoms with Gasteiger partial charge in [-0.1, -0.05) is 24.4 Å². The summed E-state index contributed by atoms with van der Waals surface area (Å²) in [5.41, 5.74) is 6.89. The van der Waals surface area contributed by atoms with Gasteiger partial charge in [-0.3, -0.25) is 9.69 Å². The van der Waals surface area contributed by atoms with Crippen molar-refractivity contribution in [2.24, 2.45) is 5.73 Å². The molecule has 5 N–H and O–H groups in total. The van der Waals surface area contributed by atoms with Gasteiger partial charge in [-0.25, -0.2) is 0 Å². The molecule has 0 bridgehead atoms. The molecular formula is C14H19N3O3S. The average Bonchev–Trinajstić information content (AvgIpc) is 2.76. The third-order valence-electron chi connectivity index (χ3n) is 3.42. The van der Waals surface area contributed by atoms with Crippen LogP contribution in [0.2, 0.25) is 0 Å². The van der Waals surface area contributed by atoms with Gasteiger partial charge in [-0.05, 0) is 12.1 Å². The molecule has 1 aromatic carbocycles. The molecule has 0 radical (unpaired) electrons. The zero-order valence-corrected chi connectivity index (χ0v) is 12.3. The lowest BCUT2D eigenvalue weighted by Gasteiger charge is -2.14. The van der Waals surface area contributed by atoms with E-state index in [0.29, 0.717) is 30.9 Å². The van der Waals surface area contributed by atoms with Gasteiger partial charge < -0.3 is 21.3 Å². The summed E-state index contributed by atoms with van der Waals surface area (Å²) in [5, 5.41) is 21.6. The maximum atomic E-state index is 11.9. The molecule has 0 spiro atoms. The second-order valence-corrected chi connectivity index (χ2v) is 5.58. The minimum atomic E-state index is -0.727. The Morgan fingerprint density at radius 3 is 2.67 bits per heavy atom. The number of likely N-dealkylation sites (tertiary alicyclic amines) is 1. The van der Waals surface area contributed by atoms with E-state index >= 15 is 0 Å². The number of hydrogen-bond acceptors (Lipinski definition) is 5. The van der Waals surface area contributed by atoms with Crippen molar-refractivity contribution in [3.8, 4) is 0 Å². The molecule has 1 aliphatic heterocycles. The van der Waals surface area contributed by atoms with E-state index in [1.54, 1.807) is 24.3 Å². The highest BCUT2D eigenvalue weighted by Crippen LogP contribution is 2.13. The summed E-state index contributed by atoms with van der Waals surface area (Å²) in [6.07, 6.45) is -1.16. The Morgan fingerprint density at radius 1 is 1.38 bits per heavy atom. The number of amides is 1. The van der Waals surface area contributed by atoms with Crippen LogP contribution in [0.4, 0.5) is 5.69 Å². The van der Waals surface area contributed by atoms with Crippen molar-refractivity contribution < 1.29 is 15.0 Å². The van der Waals surface area contributed by atoms with Crippen LogP contribution >= 0.6 is 12.2 Å². The van der Waals surface area contributed by atoms with Crippen LogP contribution in [0, 0.1) is 0 Å². The van der Waals surface area contributed by atoms with Gasteiger partial charge in [0.1, 0.15) is 4.99 Å². The summed E-state index contributed by atoms with van der Waals surface area (Å²) in [6.45, 7) is 1.28. The van der Waals surface area contributed by atoms with Gasteiger partial charge in [0.25, 0.3) is 0 Å². The molecule has 1 aliphatic rings. The SMILES string of the molecule is NC(=S)c1cccc(NC(=O)CCN2CC(O)C(O)C2)c1. The number of β-amino-alcohol motifs (C(OH)–C–C–N with tert-alkyl or cyclic N) is 2.